The van der Waals surface area contributed by atoms with E-state index in [0.717, 1.165) is 29.2 Å². The highest BCUT2D eigenvalue weighted by Gasteiger charge is 2.28. The van der Waals surface area contributed by atoms with Crippen LogP contribution in [-0.4, -0.2) is 43.1 Å². The largest absolute Gasteiger partial charge is 0.415 e. The summed E-state index contributed by atoms with van der Waals surface area (Å²) >= 11 is 1.10. The van der Waals surface area contributed by atoms with E-state index in [0.29, 0.717) is 5.56 Å². The van der Waals surface area contributed by atoms with Gasteiger partial charge in [-0.1, -0.05) is 12.1 Å². The molecular formula is C19H20F2N4O4S. The molecule has 2 aromatic carbocycles. The molecular weight excluding hydrogens is 418 g/mol. The van der Waals surface area contributed by atoms with Crippen LogP contribution in [0.2, 0.25) is 0 Å². The third-order valence-electron chi connectivity index (χ3n) is 4.20. The average molecular weight is 438 g/mol. The molecule has 0 saturated carbocycles. The average Bonchev–Trinajstić information content (AvgIpc) is 2.70. The molecule has 0 aliphatic carbocycles. The van der Waals surface area contributed by atoms with Gasteiger partial charge in [0, 0.05) is 43.4 Å². The van der Waals surface area contributed by atoms with Crippen molar-refractivity contribution >= 4 is 30.0 Å². The van der Waals surface area contributed by atoms with Crippen molar-refractivity contribution in [2.75, 3.05) is 25.9 Å². The van der Waals surface area contributed by atoms with Gasteiger partial charge in [-0.3, -0.25) is 4.90 Å². The number of anilines is 1. The van der Waals surface area contributed by atoms with Gasteiger partial charge in [0.2, 0.25) is 0 Å². The van der Waals surface area contributed by atoms with Gasteiger partial charge in [0.05, 0.1) is 18.8 Å². The fourth-order valence-electron chi connectivity index (χ4n) is 2.70. The zero-order valence-electron chi connectivity index (χ0n) is 16.5. The molecule has 30 heavy (non-hydrogen) atoms. The number of hydrogen-bond acceptors (Lipinski definition) is 7. The minimum Gasteiger partial charge on any atom is -0.410 e. The van der Waals surface area contributed by atoms with E-state index in [2.05, 4.69) is 9.44 Å². The second-order valence-corrected chi connectivity index (χ2v) is 7.38. The molecule has 0 bridgehead atoms. The van der Waals surface area contributed by atoms with Gasteiger partial charge in [-0.2, -0.15) is 0 Å². The molecule has 160 valence electrons. The van der Waals surface area contributed by atoms with E-state index in [9.17, 15) is 18.4 Å². The monoisotopic (exact) mass is 438 g/mol. The van der Waals surface area contributed by atoms with Crippen molar-refractivity contribution in [2.24, 2.45) is 0 Å². The summed E-state index contributed by atoms with van der Waals surface area (Å²) in [6.07, 6.45) is -1.49. The van der Waals surface area contributed by atoms with Crippen molar-refractivity contribution < 1.29 is 27.8 Å². The third-order valence-corrected chi connectivity index (χ3v) is 4.72. The van der Waals surface area contributed by atoms with Gasteiger partial charge in [0.15, 0.2) is 17.4 Å². The molecule has 0 radical (unpaired) electrons. The van der Waals surface area contributed by atoms with Crippen LogP contribution in [0.5, 0.6) is 11.5 Å². The van der Waals surface area contributed by atoms with Crippen LogP contribution in [0.3, 0.4) is 0 Å². The highest BCUT2D eigenvalue weighted by molar-refractivity contribution is 7.98. The number of nitrogens with zero attached hydrogens (tertiary/aromatic N) is 2. The lowest BCUT2D eigenvalue weighted by Gasteiger charge is -2.28. The minimum absolute atomic E-state index is 0.00928. The molecule has 1 heterocycles. The number of carbonyl (C=O) groups is 2. The molecule has 1 aliphatic heterocycles. The van der Waals surface area contributed by atoms with Crippen LogP contribution in [0, 0.1) is 11.6 Å². The molecule has 2 amide bonds. The number of hydrogen-bond donors (Lipinski definition) is 2. The Balaban J connectivity index is 1.79. The second-order valence-electron chi connectivity index (χ2n) is 6.56. The van der Waals surface area contributed by atoms with Crippen LogP contribution >= 0.6 is 12.1 Å². The molecule has 0 spiro atoms. The molecule has 8 nitrogen and oxygen atoms in total. The van der Waals surface area contributed by atoms with Gasteiger partial charge in [-0.15, -0.1) is 0 Å². The topological polar surface area (TPSA) is 83.1 Å². The zero-order valence-corrected chi connectivity index (χ0v) is 17.3. The minimum atomic E-state index is -0.775. The SMILES string of the molecule is CNSNc1cccc(CN2Cc3cc(F)c(OC(=O)N(C)C)cc3OC2=O)c1F. The maximum Gasteiger partial charge on any atom is 0.415 e. The summed E-state index contributed by atoms with van der Waals surface area (Å²) in [6.45, 7) is -0.0574. The Morgan fingerprint density at radius 3 is 2.80 bits per heavy atom. The van der Waals surface area contributed by atoms with Gasteiger partial charge >= 0.3 is 12.2 Å². The van der Waals surface area contributed by atoms with E-state index >= 15 is 0 Å². The molecule has 11 heteroatoms. The number of rotatable bonds is 6. The number of halogens is 2. The smallest absolute Gasteiger partial charge is 0.410 e. The molecule has 3 rings (SSSR count). The molecule has 0 unspecified atom stereocenters. The Morgan fingerprint density at radius 2 is 2.10 bits per heavy atom. The number of benzene rings is 2. The number of ether oxygens (including phenoxy) is 2. The maximum atomic E-state index is 14.7. The summed E-state index contributed by atoms with van der Waals surface area (Å²) in [4.78, 5) is 26.4. The van der Waals surface area contributed by atoms with Crippen LogP contribution in [0.15, 0.2) is 30.3 Å². The molecule has 0 aromatic heterocycles. The highest BCUT2D eigenvalue weighted by Crippen LogP contribution is 2.34. The Kier molecular flexibility index (Phi) is 6.63. The number of nitrogens with one attached hydrogen (secondary N) is 2. The third kappa shape index (κ3) is 4.74. The molecule has 2 N–H and O–H groups in total. The van der Waals surface area contributed by atoms with E-state index < -0.39 is 23.8 Å². The molecule has 0 atom stereocenters. The van der Waals surface area contributed by atoms with E-state index in [-0.39, 0.29) is 35.8 Å². The summed E-state index contributed by atoms with van der Waals surface area (Å²) in [5.74, 6) is -1.54. The standard InChI is InChI=1S/C19H20F2N4O4S/c1-22-30-23-14-6-4-5-11(17(14)21)9-25-10-12-7-13(20)16(29-18(26)24(2)3)8-15(12)28-19(25)27/h4-8,22-23H,9-10H2,1-3H3. The Morgan fingerprint density at radius 1 is 1.33 bits per heavy atom. The van der Waals surface area contributed by atoms with Crippen LogP contribution in [0.25, 0.3) is 0 Å². The number of carbonyl (C=O) groups excluding carboxylic acids is 2. The van der Waals surface area contributed by atoms with E-state index in [1.807, 2.05) is 0 Å². The van der Waals surface area contributed by atoms with Gasteiger partial charge in [0.1, 0.15) is 5.75 Å². The molecule has 0 fully saturated rings. The number of fused-ring (bicyclic) bond motifs is 1. The predicted octanol–water partition coefficient (Wildman–Crippen LogP) is 3.73. The first-order valence-electron chi connectivity index (χ1n) is 8.84. The molecule has 0 saturated heterocycles. The lowest BCUT2D eigenvalue weighted by Crippen LogP contribution is -2.36. The van der Waals surface area contributed by atoms with Crippen molar-refractivity contribution in [1.82, 2.24) is 14.5 Å². The lowest BCUT2D eigenvalue weighted by molar-refractivity contribution is 0.134. The highest BCUT2D eigenvalue weighted by atomic mass is 32.2. The normalized spacial score (nSPS) is 12.8. The van der Waals surface area contributed by atoms with Gasteiger partial charge in [-0.25, -0.2) is 23.1 Å². The summed E-state index contributed by atoms with van der Waals surface area (Å²) < 4.78 is 44.8. The van der Waals surface area contributed by atoms with Crippen LogP contribution in [0.4, 0.5) is 24.1 Å². The molecule has 1 aliphatic rings. The summed E-state index contributed by atoms with van der Waals surface area (Å²) in [5, 5.41) is 0. The zero-order chi connectivity index (χ0) is 21.8. The van der Waals surface area contributed by atoms with Crippen molar-refractivity contribution in [3.05, 3.63) is 53.1 Å². The fourth-order valence-corrected chi connectivity index (χ4v) is 3.07. The van der Waals surface area contributed by atoms with Crippen molar-refractivity contribution in [1.29, 1.82) is 0 Å². The van der Waals surface area contributed by atoms with Crippen LogP contribution < -0.4 is 18.9 Å². The van der Waals surface area contributed by atoms with Crippen LogP contribution in [0.1, 0.15) is 11.1 Å². The Labute approximate surface area is 176 Å². The predicted molar refractivity (Wildman–Crippen MR) is 108 cm³/mol. The van der Waals surface area contributed by atoms with Gasteiger partial charge < -0.3 is 19.1 Å². The summed E-state index contributed by atoms with van der Waals surface area (Å²) in [6, 6.07) is 7.06. The molecule has 2 aromatic rings. The van der Waals surface area contributed by atoms with E-state index in [4.69, 9.17) is 9.47 Å². The fraction of sp³-hybridized carbons (Fsp3) is 0.263. The van der Waals surface area contributed by atoms with Crippen molar-refractivity contribution in [3.63, 3.8) is 0 Å². The maximum absolute atomic E-state index is 14.7. The first-order valence-corrected chi connectivity index (χ1v) is 9.66. The van der Waals surface area contributed by atoms with Gasteiger partial charge in [0.25, 0.3) is 0 Å². The summed E-state index contributed by atoms with van der Waals surface area (Å²) in [5.41, 5.74) is 0.905. The van der Waals surface area contributed by atoms with E-state index in [1.165, 1.54) is 19.0 Å². The number of amides is 2. The Bertz CT molecular complexity index is 974. The summed E-state index contributed by atoms with van der Waals surface area (Å²) in [7, 11) is 4.60. The van der Waals surface area contributed by atoms with Crippen molar-refractivity contribution in [3.8, 4) is 11.5 Å². The van der Waals surface area contributed by atoms with E-state index in [1.54, 1.807) is 25.2 Å². The van der Waals surface area contributed by atoms with Crippen LogP contribution in [-0.2, 0) is 13.1 Å². The lowest BCUT2D eigenvalue weighted by atomic mass is 10.1. The van der Waals surface area contributed by atoms with Gasteiger partial charge in [-0.05, 0) is 19.2 Å². The quantitative estimate of drug-likeness (QED) is 0.665. The first kappa shape index (κ1) is 21.7. The van der Waals surface area contributed by atoms with Crippen molar-refractivity contribution in [2.45, 2.75) is 13.1 Å². The first-order chi connectivity index (χ1) is 14.3. The second kappa shape index (κ2) is 9.18. The Hall–Kier alpha value is -3.05.